The van der Waals surface area contributed by atoms with Crippen LogP contribution in [0.1, 0.15) is 17.5 Å². The third-order valence-corrected chi connectivity index (χ3v) is 2.84. The van der Waals surface area contributed by atoms with Crippen LogP contribution < -0.4 is 5.32 Å². The average molecular weight is 315 g/mol. The second-order valence-corrected chi connectivity index (χ2v) is 4.54. The number of alkyl halides is 3. The molecular weight excluding hydrogens is 299 g/mol. The summed E-state index contributed by atoms with van der Waals surface area (Å²) in [6.07, 6.45) is -3.13. The smallest absolute Gasteiger partial charge is 0.416 e. The molecule has 0 unspecified atom stereocenters. The minimum Gasteiger partial charge on any atom is -0.467 e. The van der Waals surface area contributed by atoms with Crippen molar-refractivity contribution >= 4 is 11.9 Å². The summed E-state index contributed by atoms with van der Waals surface area (Å²) in [5.74, 6) is -1.21. The number of halogens is 3. The van der Waals surface area contributed by atoms with Crippen molar-refractivity contribution in [1.29, 1.82) is 0 Å². The molecular formula is C15H16F3NO3. The number of nitrogens with one attached hydrogen (secondary N) is 1. The lowest BCUT2D eigenvalue weighted by Crippen LogP contribution is -2.41. The molecule has 0 saturated carbocycles. The highest BCUT2D eigenvalue weighted by molar-refractivity contribution is 5.85. The molecule has 0 aliphatic heterocycles. The molecule has 1 rings (SSSR count). The molecule has 4 nitrogen and oxygen atoms in total. The first-order valence-corrected chi connectivity index (χ1v) is 6.42. The first kappa shape index (κ1) is 17.7. The zero-order valence-corrected chi connectivity index (χ0v) is 11.9. The Morgan fingerprint density at radius 1 is 1.41 bits per heavy atom. The lowest BCUT2D eigenvalue weighted by Gasteiger charge is -2.15. The molecule has 0 saturated heterocycles. The Balaban J connectivity index is 2.76. The van der Waals surface area contributed by atoms with Gasteiger partial charge in [-0.15, -0.1) is 6.58 Å². The van der Waals surface area contributed by atoms with Gasteiger partial charge in [-0.1, -0.05) is 24.3 Å². The monoisotopic (exact) mass is 315 g/mol. The number of amides is 1. The highest BCUT2D eigenvalue weighted by Gasteiger charge is 2.30. The number of rotatable bonds is 6. The fourth-order valence-corrected chi connectivity index (χ4v) is 1.81. The lowest BCUT2D eigenvalue weighted by molar-refractivity contribution is -0.144. The van der Waals surface area contributed by atoms with E-state index in [1.807, 2.05) is 0 Å². The van der Waals surface area contributed by atoms with Crippen molar-refractivity contribution in [3.05, 3.63) is 48.0 Å². The summed E-state index contributed by atoms with van der Waals surface area (Å²) in [6, 6.07) is 3.57. The van der Waals surface area contributed by atoms with Crippen LogP contribution in [0.3, 0.4) is 0 Å². The van der Waals surface area contributed by atoms with Gasteiger partial charge in [0.1, 0.15) is 6.04 Å². The van der Waals surface area contributed by atoms with Crippen LogP contribution in [-0.2, 0) is 26.9 Å². The van der Waals surface area contributed by atoms with Crippen LogP contribution in [0.2, 0.25) is 0 Å². The van der Waals surface area contributed by atoms with E-state index >= 15 is 0 Å². The van der Waals surface area contributed by atoms with Crippen LogP contribution in [0, 0.1) is 0 Å². The van der Waals surface area contributed by atoms with Gasteiger partial charge in [0.05, 0.1) is 19.1 Å². The Bertz CT molecular complexity index is 555. The van der Waals surface area contributed by atoms with Crippen LogP contribution in [0.15, 0.2) is 36.9 Å². The molecule has 1 aromatic carbocycles. The molecule has 22 heavy (non-hydrogen) atoms. The molecule has 0 bridgehead atoms. The summed E-state index contributed by atoms with van der Waals surface area (Å²) >= 11 is 0. The third-order valence-electron chi connectivity index (χ3n) is 2.84. The fourth-order valence-electron chi connectivity index (χ4n) is 1.81. The maximum absolute atomic E-state index is 12.6. The van der Waals surface area contributed by atoms with Crippen LogP contribution in [0.4, 0.5) is 13.2 Å². The average Bonchev–Trinajstić information content (AvgIpc) is 2.45. The molecule has 7 heteroatoms. The summed E-state index contributed by atoms with van der Waals surface area (Å²) in [5, 5.41) is 2.41. The zero-order valence-electron chi connectivity index (χ0n) is 11.9. The molecule has 0 heterocycles. The van der Waals surface area contributed by atoms with Gasteiger partial charge in [0.25, 0.3) is 0 Å². The van der Waals surface area contributed by atoms with Gasteiger partial charge in [-0.3, -0.25) is 4.79 Å². The van der Waals surface area contributed by atoms with Crippen LogP contribution >= 0.6 is 0 Å². The predicted molar refractivity (Wildman–Crippen MR) is 73.9 cm³/mol. The number of hydrogen-bond donors (Lipinski definition) is 1. The lowest BCUT2D eigenvalue weighted by atomic mass is 10.1. The Kier molecular flexibility index (Phi) is 6.15. The van der Waals surface area contributed by atoms with E-state index in [4.69, 9.17) is 0 Å². The van der Waals surface area contributed by atoms with Gasteiger partial charge in [0, 0.05) is 0 Å². The van der Waals surface area contributed by atoms with Crippen molar-refractivity contribution in [2.75, 3.05) is 7.11 Å². The largest absolute Gasteiger partial charge is 0.467 e. The van der Waals surface area contributed by atoms with E-state index in [2.05, 4.69) is 16.6 Å². The molecule has 0 fully saturated rings. The first-order chi connectivity index (χ1) is 10.3. The van der Waals surface area contributed by atoms with Crippen molar-refractivity contribution in [3.8, 4) is 0 Å². The number of carbonyl (C=O) groups is 2. The Hall–Kier alpha value is -2.31. The van der Waals surface area contributed by atoms with Gasteiger partial charge in [-0.2, -0.15) is 13.2 Å². The predicted octanol–water partition coefficient (Wildman–Crippen LogP) is 2.48. The summed E-state index contributed by atoms with van der Waals surface area (Å²) in [4.78, 5) is 23.3. The number of benzene rings is 1. The van der Waals surface area contributed by atoms with E-state index in [0.717, 1.165) is 12.1 Å². The summed E-state index contributed by atoms with van der Waals surface area (Å²) in [5.41, 5.74) is -0.622. The van der Waals surface area contributed by atoms with Gasteiger partial charge in [0.15, 0.2) is 0 Å². The quantitative estimate of drug-likeness (QED) is 0.648. The van der Waals surface area contributed by atoms with Gasteiger partial charge >= 0.3 is 12.1 Å². The molecule has 1 aromatic rings. The molecule has 1 atom stereocenters. The molecule has 0 spiro atoms. The second kappa shape index (κ2) is 7.63. The fraction of sp³-hybridized carbons (Fsp3) is 0.333. The van der Waals surface area contributed by atoms with Gasteiger partial charge in [-0.05, 0) is 18.1 Å². The highest BCUT2D eigenvalue weighted by atomic mass is 19.4. The highest BCUT2D eigenvalue weighted by Crippen LogP contribution is 2.29. The van der Waals surface area contributed by atoms with E-state index in [1.54, 1.807) is 0 Å². The summed E-state index contributed by atoms with van der Waals surface area (Å²) < 4.78 is 42.3. The van der Waals surface area contributed by atoms with E-state index in [1.165, 1.54) is 25.3 Å². The second-order valence-electron chi connectivity index (χ2n) is 4.54. The van der Waals surface area contributed by atoms with E-state index in [9.17, 15) is 22.8 Å². The standard InChI is InChI=1S/C15H16F3NO3/c1-3-5-12(14(21)22-2)19-13(20)9-10-6-4-7-11(8-10)15(16,17)18/h3-4,6-8,12H,1,5,9H2,2H3,(H,19,20)/t12-/m1/s1. The number of hydrogen-bond acceptors (Lipinski definition) is 3. The third kappa shape index (κ3) is 5.23. The first-order valence-electron chi connectivity index (χ1n) is 6.42. The number of carbonyl (C=O) groups excluding carboxylic acids is 2. The summed E-state index contributed by atoms with van der Waals surface area (Å²) in [7, 11) is 1.18. The number of esters is 1. The minimum atomic E-state index is -4.47. The molecule has 0 radical (unpaired) electrons. The normalized spacial score (nSPS) is 12.4. The molecule has 1 N–H and O–H groups in total. The van der Waals surface area contributed by atoms with Crippen LogP contribution in [0.25, 0.3) is 0 Å². The molecule has 120 valence electrons. The topological polar surface area (TPSA) is 55.4 Å². The molecule has 0 aliphatic rings. The van der Waals surface area contributed by atoms with Crippen molar-refractivity contribution in [3.63, 3.8) is 0 Å². The van der Waals surface area contributed by atoms with E-state index < -0.39 is 29.7 Å². The van der Waals surface area contributed by atoms with Gasteiger partial charge in [0.2, 0.25) is 5.91 Å². The zero-order chi connectivity index (χ0) is 16.8. The maximum Gasteiger partial charge on any atom is 0.416 e. The van der Waals surface area contributed by atoms with Crippen molar-refractivity contribution in [2.24, 2.45) is 0 Å². The van der Waals surface area contributed by atoms with Crippen molar-refractivity contribution in [2.45, 2.75) is 25.1 Å². The Morgan fingerprint density at radius 2 is 2.09 bits per heavy atom. The minimum absolute atomic E-state index is 0.168. The van der Waals surface area contributed by atoms with E-state index in [-0.39, 0.29) is 18.4 Å². The van der Waals surface area contributed by atoms with Gasteiger partial charge in [-0.25, -0.2) is 4.79 Å². The number of ether oxygens (including phenoxy) is 1. The Labute approximate surface area is 126 Å². The van der Waals surface area contributed by atoms with Crippen molar-refractivity contribution < 1.29 is 27.5 Å². The van der Waals surface area contributed by atoms with Crippen LogP contribution in [-0.4, -0.2) is 25.0 Å². The molecule has 1 amide bonds. The molecule has 0 aromatic heterocycles. The maximum atomic E-state index is 12.6. The number of methoxy groups -OCH3 is 1. The SMILES string of the molecule is C=CC[C@@H](NC(=O)Cc1cccc(C(F)(F)F)c1)C(=O)OC. The summed E-state index contributed by atoms with van der Waals surface area (Å²) in [6.45, 7) is 3.46. The van der Waals surface area contributed by atoms with Crippen molar-refractivity contribution in [1.82, 2.24) is 5.32 Å². The Morgan fingerprint density at radius 3 is 2.64 bits per heavy atom. The van der Waals surface area contributed by atoms with Gasteiger partial charge < -0.3 is 10.1 Å². The van der Waals surface area contributed by atoms with E-state index in [0.29, 0.717) is 0 Å². The molecule has 0 aliphatic carbocycles. The van der Waals surface area contributed by atoms with Crippen LogP contribution in [0.5, 0.6) is 0 Å².